The molecule has 5 heteroatoms. The van der Waals surface area contributed by atoms with E-state index in [1.807, 2.05) is 0 Å². The maximum atomic E-state index is 13.8. The summed E-state index contributed by atoms with van der Waals surface area (Å²) < 4.78 is 27.7. The molecule has 2 atom stereocenters. The largest absolute Gasteiger partial charge is 0.376 e. The molecule has 0 spiro atoms. The molecule has 1 aromatic carbocycles. The average molecular weight is 461 g/mol. The van der Waals surface area contributed by atoms with Crippen LogP contribution in [-0.2, 0) is 5.41 Å². The van der Waals surface area contributed by atoms with Gasteiger partial charge in [-0.3, -0.25) is 0 Å². The smallest absolute Gasteiger partial charge is 0.239 e. The Kier molecular flexibility index (Phi) is 5.89. The summed E-state index contributed by atoms with van der Waals surface area (Å²) in [6.07, 6.45) is 8.07. The quantitative estimate of drug-likeness (QED) is 0.484. The third-order valence-corrected chi connectivity index (χ3v) is 10.6. The molecule has 5 saturated carbocycles. The summed E-state index contributed by atoms with van der Waals surface area (Å²) in [7, 11) is 0. The predicted molar refractivity (Wildman–Crippen MR) is 130 cm³/mol. The molecule has 0 amide bonds. The first-order valence-corrected chi connectivity index (χ1v) is 13.1. The molecule has 4 bridgehead atoms. The van der Waals surface area contributed by atoms with Crippen molar-refractivity contribution in [3.8, 4) is 0 Å². The lowest BCUT2D eigenvalue weighted by Gasteiger charge is -2.69. The van der Waals surface area contributed by atoms with Crippen molar-refractivity contribution in [1.29, 1.82) is 0 Å². The van der Waals surface area contributed by atoms with Gasteiger partial charge in [0.15, 0.2) is 0 Å². The predicted octanol–water partition coefficient (Wildman–Crippen LogP) is 6.37. The minimum absolute atomic E-state index is 0.0443. The Labute approximate surface area is 197 Å². The van der Waals surface area contributed by atoms with Crippen LogP contribution in [0.25, 0.3) is 0 Å². The number of hydrogen-bond acceptors (Lipinski definition) is 2. The van der Waals surface area contributed by atoms with Crippen LogP contribution in [0.15, 0.2) is 30.3 Å². The Morgan fingerprint density at radius 2 is 1.69 bits per heavy atom. The first-order chi connectivity index (χ1) is 15.3. The second-order valence-electron chi connectivity index (χ2n) is 11.6. The molecule has 6 rings (SSSR count). The normalized spacial score (nSPS) is 42.9. The van der Waals surface area contributed by atoms with Crippen LogP contribution in [0.3, 0.4) is 0 Å². The van der Waals surface area contributed by atoms with Gasteiger partial charge in [-0.05, 0) is 92.4 Å². The summed E-state index contributed by atoms with van der Waals surface area (Å²) in [4.78, 5) is 1.02. The molecular weight excluding hydrogens is 422 g/mol. The Morgan fingerprint density at radius 1 is 1.06 bits per heavy atom. The highest BCUT2D eigenvalue weighted by Crippen LogP contribution is 2.73. The van der Waals surface area contributed by atoms with Crippen LogP contribution < -0.4 is 11.1 Å². The fourth-order valence-corrected chi connectivity index (χ4v) is 9.03. The zero-order valence-corrected chi connectivity index (χ0v) is 20.1. The summed E-state index contributed by atoms with van der Waals surface area (Å²) in [5, 5.41) is 3.78. The Hall–Kier alpha value is -1.07. The van der Waals surface area contributed by atoms with Gasteiger partial charge in [-0.1, -0.05) is 49.5 Å². The van der Waals surface area contributed by atoms with E-state index in [0.29, 0.717) is 23.9 Å². The first kappa shape index (κ1) is 22.7. The summed E-state index contributed by atoms with van der Waals surface area (Å²) in [6, 6.07) is 11.6. The van der Waals surface area contributed by atoms with Crippen molar-refractivity contribution in [2.75, 3.05) is 0 Å². The van der Waals surface area contributed by atoms with E-state index in [9.17, 15) is 8.78 Å². The van der Waals surface area contributed by atoms with Gasteiger partial charge in [0, 0.05) is 23.9 Å². The van der Waals surface area contributed by atoms with Gasteiger partial charge in [-0.25, -0.2) is 8.78 Å². The Balaban J connectivity index is 1.48. The molecule has 5 fully saturated rings. The summed E-state index contributed by atoms with van der Waals surface area (Å²) in [5.74, 6) is 0.643. The molecule has 0 radical (unpaired) electrons. The SMILES string of the molecule is CCC1(CC(F)F)C2CC3(C(=S)NC4CCC(N)CC4)CC1CC(c1ccccc1)(C2)C3. The molecule has 1 aromatic rings. The summed E-state index contributed by atoms with van der Waals surface area (Å²) in [5.41, 5.74) is 7.32. The molecule has 2 nitrogen and oxygen atoms in total. The molecular formula is C27H38F2N2S. The van der Waals surface area contributed by atoms with Gasteiger partial charge in [-0.2, -0.15) is 0 Å². The molecule has 0 aliphatic heterocycles. The highest BCUT2D eigenvalue weighted by molar-refractivity contribution is 7.80. The van der Waals surface area contributed by atoms with E-state index in [4.69, 9.17) is 18.0 Å². The molecule has 3 N–H and O–H groups in total. The summed E-state index contributed by atoms with van der Waals surface area (Å²) >= 11 is 6.16. The van der Waals surface area contributed by atoms with Gasteiger partial charge in [-0.15, -0.1) is 0 Å². The molecule has 5 aliphatic carbocycles. The maximum absolute atomic E-state index is 13.8. The topological polar surface area (TPSA) is 38.0 Å². The highest BCUT2D eigenvalue weighted by Gasteiger charge is 2.67. The lowest BCUT2D eigenvalue weighted by Crippen LogP contribution is -2.65. The zero-order chi connectivity index (χ0) is 22.6. The van der Waals surface area contributed by atoms with E-state index in [1.165, 1.54) is 5.56 Å². The van der Waals surface area contributed by atoms with Crippen LogP contribution >= 0.6 is 12.2 Å². The number of hydrogen-bond donors (Lipinski definition) is 2. The fraction of sp³-hybridized carbons (Fsp3) is 0.741. The van der Waals surface area contributed by atoms with Crippen molar-refractivity contribution in [1.82, 2.24) is 5.32 Å². The fourth-order valence-electron chi connectivity index (χ4n) is 8.62. The first-order valence-electron chi connectivity index (χ1n) is 12.7. The molecule has 0 aromatic heterocycles. The van der Waals surface area contributed by atoms with Gasteiger partial charge in [0.2, 0.25) is 6.43 Å². The van der Waals surface area contributed by atoms with Gasteiger partial charge >= 0.3 is 0 Å². The van der Waals surface area contributed by atoms with Gasteiger partial charge in [0.25, 0.3) is 0 Å². The zero-order valence-electron chi connectivity index (χ0n) is 19.3. The number of halogens is 2. The minimum atomic E-state index is -2.23. The van der Waals surface area contributed by atoms with E-state index in [0.717, 1.165) is 69.2 Å². The maximum Gasteiger partial charge on any atom is 0.239 e. The van der Waals surface area contributed by atoms with Gasteiger partial charge in [0.05, 0.1) is 4.99 Å². The molecule has 176 valence electrons. The second kappa shape index (κ2) is 8.30. The lowest BCUT2D eigenvalue weighted by atomic mass is 9.35. The minimum Gasteiger partial charge on any atom is -0.376 e. The van der Waals surface area contributed by atoms with Crippen LogP contribution in [0, 0.1) is 22.7 Å². The van der Waals surface area contributed by atoms with Gasteiger partial charge < -0.3 is 11.1 Å². The van der Waals surface area contributed by atoms with Crippen molar-refractivity contribution in [2.45, 2.75) is 101 Å². The van der Waals surface area contributed by atoms with Crippen molar-refractivity contribution in [3.63, 3.8) is 0 Å². The van der Waals surface area contributed by atoms with Gasteiger partial charge in [0.1, 0.15) is 0 Å². The van der Waals surface area contributed by atoms with Crippen LogP contribution in [0.1, 0.15) is 83.1 Å². The van der Waals surface area contributed by atoms with E-state index >= 15 is 0 Å². The molecule has 2 unspecified atom stereocenters. The van der Waals surface area contributed by atoms with E-state index in [-0.39, 0.29) is 22.7 Å². The Morgan fingerprint density at radius 3 is 2.25 bits per heavy atom. The molecule has 32 heavy (non-hydrogen) atoms. The van der Waals surface area contributed by atoms with E-state index in [2.05, 4.69) is 42.6 Å². The number of thiocarbonyl (C=S) groups is 1. The van der Waals surface area contributed by atoms with Crippen molar-refractivity contribution in [3.05, 3.63) is 35.9 Å². The monoisotopic (exact) mass is 460 g/mol. The second-order valence-corrected chi connectivity index (χ2v) is 12.0. The van der Waals surface area contributed by atoms with Crippen LogP contribution in [-0.4, -0.2) is 23.5 Å². The summed E-state index contributed by atoms with van der Waals surface area (Å²) in [6.45, 7) is 2.15. The average Bonchev–Trinajstić information content (AvgIpc) is 2.78. The van der Waals surface area contributed by atoms with E-state index < -0.39 is 6.43 Å². The third kappa shape index (κ3) is 3.62. The van der Waals surface area contributed by atoms with Crippen molar-refractivity contribution < 1.29 is 8.78 Å². The van der Waals surface area contributed by atoms with Crippen LogP contribution in [0.5, 0.6) is 0 Å². The molecule has 0 heterocycles. The Bertz CT molecular complexity index is 817. The molecule has 5 aliphatic rings. The van der Waals surface area contributed by atoms with Crippen molar-refractivity contribution in [2.24, 2.45) is 28.4 Å². The number of nitrogens with two attached hydrogens (primary N) is 1. The van der Waals surface area contributed by atoms with Crippen LogP contribution in [0.4, 0.5) is 8.78 Å². The highest BCUT2D eigenvalue weighted by atomic mass is 32.1. The lowest BCUT2D eigenvalue weighted by molar-refractivity contribution is -0.161. The number of alkyl halides is 2. The number of rotatable bonds is 6. The molecule has 0 saturated heterocycles. The van der Waals surface area contributed by atoms with Crippen molar-refractivity contribution >= 4 is 17.2 Å². The third-order valence-electron chi connectivity index (χ3n) is 10.0. The number of nitrogens with one attached hydrogen (secondary N) is 1. The van der Waals surface area contributed by atoms with Crippen LogP contribution in [0.2, 0.25) is 0 Å². The standard InChI is InChI=1S/C27H38F2N2S/c1-2-27(16-23(28)29)19-12-25(18-6-4-3-5-7-18)13-20(27)15-26(14-19,17-25)24(32)31-22-10-8-21(30)9-11-22/h3-7,19-23H,2,8-17,30H2,1H3,(H,31,32). The number of benzene rings is 1. The van der Waals surface area contributed by atoms with E-state index in [1.54, 1.807) is 0 Å².